The zero-order valence-corrected chi connectivity index (χ0v) is 25.6. The van der Waals surface area contributed by atoms with Gasteiger partial charge < -0.3 is 9.64 Å². The molecule has 0 bridgehead atoms. The Kier molecular flexibility index (Phi) is 12.6. The maximum atomic E-state index is 13.3. The van der Waals surface area contributed by atoms with Crippen LogP contribution in [0.5, 0.6) is 11.5 Å². The molecule has 1 saturated carbocycles. The molecule has 40 heavy (non-hydrogen) atoms. The summed E-state index contributed by atoms with van der Waals surface area (Å²) in [6.45, 7) is 6.03. The zero-order valence-electron chi connectivity index (χ0n) is 24.0. The quantitative estimate of drug-likeness (QED) is 0.292. The molecule has 2 aromatic rings. The Bertz CT molecular complexity index is 1140. The van der Waals surface area contributed by atoms with E-state index < -0.39 is 10.0 Å². The fourth-order valence-electron chi connectivity index (χ4n) is 5.85. The van der Waals surface area contributed by atoms with Crippen molar-refractivity contribution in [3.8, 4) is 11.5 Å². The van der Waals surface area contributed by atoms with Crippen LogP contribution in [0.2, 0.25) is 0 Å². The third kappa shape index (κ3) is 10.3. The van der Waals surface area contributed by atoms with Gasteiger partial charge in [-0.2, -0.15) is 0 Å². The lowest BCUT2D eigenvalue weighted by Gasteiger charge is -2.39. The molecule has 4 rings (SSSR count). The van der Waals surface area contributed by atoms with E-state index in [1.165, 1.54) is 37.7 Å². The molecule has 1 aliphatic heterocycles. The number of carbonyl (C=O) groups is 1. The minimum atomic E-state index is -3.30. The number of anilines is 1. The first-order chi connectivity index (χ1) is 18.8. The number of benzene rings is 2. The zero-order chi connectivity index (χ0) is 27.7. The van der Waals surface area contributed by atoms with Crippen LogP contribution in [0, 0.1) is 5.92 Å². The summed E-state index contributed by atoms with van der Waals surface area (Å²) in [6, 6.07) is 15.4. The van der Waals surface area contributed by atoms with Crippen LogP contribution in [0.3, 0.4) is 0 Å². The normalized spacial score (nSPS) is 17.1. The van der Waals surface area contributed by atoms with Gasteiger partial charge in [0.2, 0.25) is 15.9 Å². The second-order valence-corrected chi connectivity index (χ2v) is 13.0. The average Bonchev–Trinajstić information content (AvgIpc) is 2.92. The summed E-state index contributed by atoms with van der Waals surface area (Å²) >= 11 is 0. The molecule has 2 aromatic carbocycles. The summed E-state index contributed by atoms with van der Waals surface area (Å²) in [5.74, 6) is 2.38. The lowest BCUT2D eigenvalue weighted by Crippen LogP contribution is -2.48. The molecule has 9 heteroatoms. The number of ether oxygens (including phenoxy) is 1. The number of nitrogens with zero attached hydrogens (tertiary/aromatic N) is 2. The number of nitrogens with one attached hydrogen (secondary N) is 1. The lowest BCUT2D eigenvalue weighted by molar-refractivity contribution is -0.136. The monoisotopic (exact) mass is 591 g/mol. The number of rotatable bonds is 12. The fourth-order valence-corrected chi connectivity index (χ4v) is 6.41. The number of amides is 1. The highest BCUT2D eigenvalue weighted by atomic mass is 35.5. The van der Waals surface area contributed by atoms with Crippen LogP contribution in [0.1, 0.15) is 76.7 Å². The van der Waals surface area contributed by atoms with E-state index in [2.05, 4.69) is 33.6 Å². The first kappa shape index (κ1) is 32.2. The standard InChI is InChI=1S/C31H45N3O4S.ClH/c1-3-4-20-34(31(35)23-25-8-6-5-7-9-25)28-18-21-33(22-19-28)24-26-10-14-29(15-11-26)38-30-16-12-27(13-17-30)32-39(2,36)37;/h10-17,25,28,32H,3-9,18-24H2,1-2H3;1H. The van der Waals surface area contributed by atoms with Gasteiger partial charge in [-0.15, -0.1) is 12.4 Å². The number of likely N-dealkylation sites (tertiary alicyclic amines) is 1. The molecule has 0 atom stereocenters. The highest BCUT2D eigenvalue weighted by molar-refractivity contribution is 7.92. The molecule has 1 saturated heterocycles. The number of carbonyl (C=O) groups excluding carboxylic acids is 1. The van der Waals surface area contributed by atoms with Crippen LogP contribution in [0.15, 0.2) is 48.5 Å². The molecule has 222 valence electrons. The molecule has 2 fully saturated rings. The molecular weight excluding hydrogens is 546 g/mol. The summed E-state index contributed by atoms with van der Waals surface area (Å²) < 4.78 is 31.1. The number of piperidine rings is 1. The van der Waals surface area contributed by atoms with E-state index in [4.69, 9.17) is 4.74 Å². The Balaban J connectivity index is 0.00000441. The summed E-state index contributed by atoms with van der Waals surface area (Å²) in [5, 5.41) is 0. The largest absolute Gasteiger partial charge is 0.457 e. The first-order valence-corrected chi connectivity index (χ1v) is 16.5. The van der Waals surface area contributed by atoms with Gasteiger partial charge in [-0.1, -0.05) is 44.7 Å². The predicted octanol–water partition coefficient (Wildman–Crippen LogP) is 6.84. The van der Waals surface area contributed by atoms with Crippen LogP contribution < -0.4 is 9.46 Å². The van der Waals surface area contributed by atoms with Crippen LogP contribution in [-0.2, 0) is 21.4 Å². The molecule has 2 aliphatic rings. The Morgan fingerprint density at radius 1 is 0.950 bits per heavy atom. The van der Waals surface area contributed by atoms with Gasteiger partial charge in [0, 0.05) is 44.3 Å². The second-order valence-electron chi connectivity index (χ2n) is 11.3. The Labute approximate surface area is 247 Å². The SMILES string of the molecule is CCCCN(C(=O)CC1CCCCC1)C1CCN(Cc2ccc(Oc3ccc(NS(C)(=O)=O)cc3)cc2)CC1.Cl. The highest BCUT2D eigenvalue weighted by Gasteiger charge is 2.29. The topological polar surface area (TPSA) is 79.0 Å². The average molecular weight is 592 g/mol. The van der Waals surface area contributed by atoms with E-state index in [1.54, 1.807) is 24.3 Å². The van der Waals surface area contributed by atoms with Crippen LogP contribution in [0.4, 0.5) is 5.69 Å². The molecule has 7 nitrogen and oxygen atoms in total. The van der Waals surface area contributed by atoms with E-state index >= 15 is 0 Å². The molecular formula is C31H46ClN3O4S. The summed E-state index contributed by atoms with van der Waals surface area (Å²) in [4.78, 5) is 18.0. The van der Waals surface area contributed by atoms with Crippen molar-refractivity contribution < 1.29 is 17.9 Å². The van der Waals surface area contributed by atoms with Crippen molar-refractivity contribution >= 4 is 34.0 Å². The van der Waals surface area contributed by atoms with Crippen LogP contribution in [-0.4, -0.2) is 56.1 Å². The predicted molar refractivity (Wildman–Crippen MR) is 165 cm³/mol. The molecule has 0 aromatic heterocycles. The van der Waals surface area contributed by atoms with Gasteiger partial charge in [0.25, 0.3) is 0 Å². The number of hydrogen-bond acceptors (Lipinski definition) is 5. The third-order valence-corrected chi connectivity index (χ3v) is 8.59. The molecule has 1 amide bonds. The summed E-state index contributed by atoms with van der Waals surface area (Å²) in [7, 11) is -3.30. The maximum Gasteiger partial charge on any atom is 0.229 e. The number of unbranched alkanes of at least 4 members (excludes halogenated alkanes) is 1. The number of hydrogen-bond donors (Lipinski definition) is 1. The van der Waals surface area contributed by atoms with Crippen molar-refractivity contribution in [2.75, 3.05) is 30.6 Å². The van der Waals surface area contributed by atoms with E-state index in [-0.39, 0.29) is 12.4 Å². The van der Waals surface area contributed by atoms with Gasteiger partial charge in [0.05, 0.1) is 6.26 Å². The minimum absolute atomic E-state index is 0. The van der Waals surface area contributed by atoms with Gasteiger partial charge in [-0.3, -0.25) is 14.4 Å². The fraction of sp³-hybridized carbons (Fsp3) is 0.581. The Morgan fingerprint density at radius 3 is 2.12 bits per heavy atom. The van der Waals surface area contributed by atoms with Gasteiger partial charge in [-0.05, 0) is 80.0 Å². The van der Waals surface area contributed by atoms with Gasteiger partial charge in [-0.25, -0.2) is 8.42 Å². The van der Waals surface area contributed by atoms with Crippen molar-refractivity contribution in [1.82, 2.24) is 9.80 Å². The minimum Gasteiger partial charge on any atom is -0.457 e. The summed E-state index contributed by atoms with van der Waals surface area (Å²) in [5.41, 5.74) is 1.75. The Hall–Kier alpha value is -2.29. The van der Waals surface area contributed by atoms with Crippen molar-refractivity contribution in [3.63, 3.8) is 0 Å². The molecule has 1 aliphatic carbocycles. The molecule has 0 radical (unpaired) electrons. The van der Waals surface area contributed by atoms with Crippen molar-refractivity contribution in [2.24, 2.45) is 5.92 Å². The lowest BCUT2D eigenvalue weighted by atomic mass is 9.86. The molecule has 1 heterocycles. The van der Waals surface area contributed by atoms with Crippen molar-refractivity contribution in [2.45, 2.75) is 83.7 Å². The highest BCUT2D eigenvalue weighted by Crippen LogP contribution is 2.29. The van der Waals surface area contributed by atoms with E-state index in [9.17, 15) is 13.2 Å². The Morgan fingerprint density at radius 2 is 1.55 bits per heavy atom. The smallest absolute Gasteiger partial charge is 0.229 e. The molecule has 0 spiro atoms. The summed E-state index contributed by atoms with van der Waals surface area (Å²) in [6.07, 6.45) is 12.5. The van der Waals surface area contributed by atoms with Crippen LogP contribution in [0.25, 0.3) is 0 Å². The van der Waals surface area contributed by atoms with E-state index in [0.717, 1.165) is 70.3 Å². The number of halogens is 1. The van der Waals surface area contributed by atoms with Gasteiger partial charge in [0.1, 0.15) is 11.5 Å². The van der Waals surface area contributed by atoms with Crippen molar-refractivity contribution in [3.05, 3.63) is 54.1 Å². The van der Waals surface area contributed by atoms with Gasteiger partial charge >= 0.3 is 0 Å². The second kappa shape index (κ2) is 15.6. The molecule has 0 unspecified atom stereocenters. The van der Waals surface area contributed by atoms with Crippen LogP contribution >= 0.6 is 12.4 Å². The van der Waals surface area contributed by atoms with E-state index in [0.29, 0.717) is 29.3 Å². The number of sulfonamides is 1. The van der Waals surface area contributed by atoms with Crippen molar-refractivity contribution in [1.29, 1.82) is 0 Å². The van der Waals surface area contributed by atoms with E-state index in [1.807, 2.05) is 12.1 Å². The third-order valence-electron chi connectivity index (χ3n) is 7.98. The maximum absolute atomic E-state index is 13.3. The van der Waals surface area contributed by atoms with Gasteiger partial charge in [0.15, 0.2) is 0 Å². The molecule has 1 N–H and O–H groups in total. The first-order valence-electron chi connectivity index (χ1n) is 14.7.